The summed E-state index contributed by atoms with van der Waals surface area (Å²) in [6.45, 7) is 13.6. The van der Waals surface area contributed by atoms with E-state index >= 15 is 0 Å². The molecule has 4 heteroatoms. The van der Waals surface area contributed by atoms with E-state index in [9.17, 15) is 15.0 Å². The van der Waals surface area contributed by atoms with Gasteiger partial charge in [0.1, 0.15) is 5.78 Å². The quantitative estimate of drug-likeness (QED) is 0.456. The van der Waals surface area contributed by atoms with E-state index in [0.717, 1.165) is 19.3 Å². The number of Topliss-reactive ketones (excluding diaryl/α,β-unsaturated/α-hetero) is 1. The van der Waals surface area contributed by atoms with Crippen LogP contribution in [0.25, 0.3) is 0 Å². The lowest BCUT2D eigenvalue weighted by Gasteiger charge is -2.64. The first kappa shape index (κ1) is 25.9. The van der Waals surface area contributed by atoms with Crippen LogP contribution in [-0.4, -0.2) is 41.4 Å². The first-order valence-corrected chi connectivity index (χ1v) is 14.3. The molecule has 4 nitrogen and oxygen atoms in total. The van der Waals surface area contributed by atoms with E-state index in [1.165, 1.54) is 25.7 Å². The van der Waals surface area contributed by atoms with Crippen LogP contribution >= 0.6 is 0 Å². The Hall–Kier alpha value is -0.710. The number of allylic oxidation sites excluding steroid dienone is 1. The van der Waals surface area contributed by atoms with Crippen LogP contribution in [0, 0.1) is 50.7 Å². The highest BCUT2D eigenvalue weighted by Crippen LogP contribution is 2.88. The fourth-order valence-electron chi connectivity index (χ4n) is 11.0. The van der Waals surface area contributed by atoms with Crippen LogP contribution in [0.15, 0.2) is 12.2 Å². The summed E-state index contributed by atoms with van der Waals surface area (Å²) >= 11 is 0. The molecule has 0 aliphatic heterocycles. The van der Waals surface area contributed by atoms with Gasteiger partial charge in [0.15, 0.2) is 0 Å². The van der Waals surface area contributed by atoms with Crippen molar-refractivity contribution < 1.29 is 19.7 Å². The maximum atomic E-state index is 13.0. The molecule has 5 fully saturated rings. The van der Waals surface area contributed by atoms with Gasteiger partial charge < -0.3 is 14.9 Å². The van der Waals surface area contributed by atoms with Crippen LogP contribution in [0.4, 0.5) is 0 Å². The molecule has 10 unspecified atom stereocenters. The minimum atomic E-state index is -0.676. The number of hydrogen-bond acceptors (Lipinski definition) is 4. The number of ketones is 1. The van der Waals surface area contributed by atoms with E-state index in [0.29, 0.717) is 30.6 Å². The largest absolute Gasteiger partial charge is 0.395 e. The van der Waals surface area contributed by atoms with Gasteiger partial charge in [-0.15, -0.1) is 0 Å². The number of aliphatic hydroxyl groups is 2. The molecule has 5 aliphatic carbocycles. The fraction of sp³-hybridized carbons (Fsp3) is 0.903. The summed E-state index contributed by atoms with van der Waals surface area (Å²) in [5.74, 6) is 1.93. The highest BCUT2D eigenvalue weighted by Gasteiger charge is 2.84. The van der Waals surface area contributed by atoms with Crippen LogP contribution in [0.2, 0.25) is 0 Å². The van der Waals surface area contributed by atoms with E-state index in [4.69, 9.17) is 4.74 Å². The van der Waals surface area contributed by atoms with Crippen molar-refractivity contribution in [2.75, 3.05) is 13.7 Å². The number of ether oxygens (including phenoxy) is 1. The number of hydrogen-bond donors (Lipinski definition) is 2. The van der Waals surface area contributed by atoms with Crippen LogP contribution in [0.5, 0.6) is 0 Å². The van der Waals surface area contributed by atoms with Crippen LogP contribution < -0.4 is 0 Å². The van der Waals surface area contributed by atoms with Crippen LogP contribution in [0.1, 0.15) is 99.3 Å². The second kappa shape index (κ2) is 7.90. The number of aliphatic hydroxyl groups excluding tert-OH is 2. The molecule has 35 heavy (non-hydrogen) atoms. The second-order valence-electron chi connectivity index (χ2n) is 14.7. The highest BCUT2D eigenvalue weighted by atomic mass is 16.5. The van der Waals surface area contributed by atoms with Crippen molar-refractivity contribution in [2.24, 2.45) is 50.7 Å². The molecule has 0 heterocycles. The van der Waals surface area contributed by atoms with Gasteiger partial charge >= 0.3 is 0 Å². The average molecular weight is 487 g/mol. The lowest BCUT2D eigenvalue weighted by Crippen LogP contribution is -2.62. The zero-order chi connectivity index (χ0) is 25.7. The molecule has 2 N–H and O–H groups in total. The van der Waals surface area contributed by atoms with Crippen molar-refractivity contribution in [3.05, 3.63) is 12.2 Å². The summed E-state index contributed by atoms with van der Waals surface area (Å²) in [6.07, 6.45) is 13.5. The van der Waals surface area contributed by atoms with Crippen molar-refractivity contribution in [2.45, 2.75) is 111 Å². The first-order valence-electron chi connectivity index (χ1n) is 14.3. The second-order valence-corrected chi connectivity index (χ2v) is 14.7. The third-order valence-corrected chi connectivity index (χ3v) is 13.3. The molecule has 2 spiro atoms. The third-order valence-electron chi connectivity index (χ3n) is 13.3. The van der Waals surface area contributed by atoms with Crippen molar-refractivity contribution in [3.63, 3.8) is 0 Å². The Morgan fingerprint density at radius 1 is 1.11 bits per heavy atom. The zero-order valence-corrected chi connectivity index (χ0v) is 23.3. The van der Waals surface area contributed by atoms with Gasteiger partial charge in [-0.1, -0.05) is 39.8 Å². The van der Waals surface area contributed by atoms with Crippen LogP contribution in [0.3, 0.4) is 0 Å². The maximum absolute atomic E-state index is 13.0. The monoisotopic (exact) mass is 486 g/mol. The number of carbonyl (C=O) groups excluding carboxylic acids is 1. The predicted octanol–water partition coefficient (Wildman–Crippen LogP) is 5.95. The molecule has 0 bridgehead atoms. The maximum Gasteiger partial charge on any atom is 0.141 e. The van der Waals surface area contributed by atoms with Gasteiger partial charge in [0, 0.05) is 13.5 Å². The topological polar surface area (TPSA) is 66.8 Å². The van der Waals surface area contributed by atoms with Gasteiger partial charge in [-0.3, -0.25) is 4.79 Å². The first-order chi connectivity index (χ1) is 16.3. The Bertz CT molecular complexity index is 910. The standard InChI is InChI=1S/C31H50O4/c1-20(9-8-12-26(2,3)35-7)21-10-13-29(6)25-22(33)17-23-27(4,19-32)24(34)11-14-30(23)18-31(25,30)16-15-28(21,29)5/h8,12,20-23,25,32-33H,9-11,13-19H2,1-7H3. The van der Waals surface area contributed by atoms with Crippen molar-refractivity contribution in [3.8, 4) is 0 Å². The Morgan fingerprint density at radius 2 is 1.83 bits per heavy atom. The number of fused-ring (bicyclic) bond motifs is 2. The molecule has 0 aromatic carbocycles. The van der Waals surface area contributed by atoms with Gasteiger partial charge in [-0.25, -0.2) is 0 Å². The fourth-order valence-corrected chi connectivity index (χ4v) is 11.0. The Balaban J connectivity index is 1.43. The van der Waals surface area contributed by atoms with Crippen molar-refractivity contribution >= 4 is 5.78 Å². The molecular formula is C31H50O4. The summed E-state index contributed by atoms with van der Waals surface area (Å²) < 4.78 is 5.57. The van der Waals surface area contributed by atoms with Crippen molar-refractivity contribution in [1.29, 1.82) is 0 Å². The van der Waals surface area contributed by atoms with Crippen molar-refractivity contribution in [1.82, 2.24) is 0 Å². The van der Waals surface area contributed by atoms with Crippen LogP contribution in [-0.2, 0) is 9.53 Å². The third kappa shape index (κ3) is 3.18. The lowest BCUT2D eigenvalue weighted by atomic mass is 9.41. The summed E-state index contributed by atoms with van der Waals surface area (Å²) in [6, 6.07) is 0. The number of carbonyl (C=O) groups is 1. The predicted molar refractivity (Wildman–Crippen MR) is 139 cm³/mol. The molecule has 198 valence electrons. The smallest absolute Gasteiger partial charge is 0.141 e. The molecule has 10 atom stereocenters. The van der Waals surface area contributed by atoms with Gasteiger partial charge in [-0.05, 0) is 111 Å². The highest BCUT2D eigenvalue weighted by molar-refractivity contribution is 5.86. The van der Waals surface area contributed by atoms with Gasteiger partial charge in [-0.2, -0.15) is 0 Å². The summed E-state index contributed by atoms with van der Waals surface area (Å²) in [5, 5.41) is 22.2. The lowest BCUT2D eigenvalue weighted by molar-refractivity contribution is -0.193. The minimum Gasteiger partial charge on any atom is -0.395 e. The molecule has 0 saturated heterocycles. The molecular weight excluding hydrogens is 436 g/mol. The number of methoxy groups -OCH3 is 1. The average Bonchev–Trinajstić information content (AvgIpc) is 3.37. The molecule has 5 aliphatic rings. The van der Waals surface area contributed by atoms with E-state index in [-0.39, 0.29) is 51.7 Å². The van der Waals surface area contributed by atoms with Gasteiger partial charge in [0.2, 0.25) is 0 Å². The number of rotatable bonds is 6. The molecule has 5 rings (SSSR count). The molecule has 0 aromatic heterocycles. The van der Waals surface area contributed by atoms with E-state index in [1.807, 2.05) is 6.92 Å². The minimum absolute atomic E-state index is 0.0757. The molecule has 0 radical (unpaired) electrons. The Kier molecular flexibility index (Phi) is 5.85. The Labute approximate surface area is 213 Å². The molecule has 5 saturated carbocycles. The van der Waals surface area contributed by atoms with E-state index in [1.54, 1.807) is 7.11 Å². The Morgan fingerprint density at radius 3 is 2.49 bits per heavy atom. The zero-order valence-electron chi connectivity index (χ0n) is 23.3. The SMILES string of the molecule is COC(C)(C)C=CCC(C)C1CCC2(C)C3C(O)CC4C(C)(CO)C(=O)CCC45CC35CCC12C. The van der Waals surface area contributed by atoms with E-state index in [2.05, 4.69) is 46.8 Å². The summed E-state index contributed by atoms with van der Waals surface area (Å²) in [5.41, 5.74) is -0.213. The van der Waals surface area contributed by atoms with Gasteiger partial charge in [0.25, 0.3) is 0 Å². The van der Waals surface area contributed by atoms with Gasteiger partial charge in [0.05, 0.1) is 23.7 Å². The normalized spacial score (nSPS) is 52.0. The molecule has 0 aromatic rings. The summed E-state index contributed by atoms with van der Waals surface area (Å²) in [4.78, 5) is 13.0. The van der Waals surface area contributed by atoms with E-state index < -0.39 is 5.41 Å². The molecule has 0 amide bonds. The summed E-state index contributed by atoms with van der Waals surface area (Å²) in [7, 11) is 1.77.